The Bertz CT molecular complexity index is 1040. The number of fused-ring (bicyclic) bond motifs is 1. The van der Waals surface area contributed by atoms with Gasteiger partial charge in [0.1, 0.15) is 5.69 Å². The number of nitrogens with two attached hydrogens (primary N) is 1. The van der Waals surface area contributed by atoms with Crippen molar-refractivity contribution in [2.45, 2.75) is 0 Å². The minimum absolute atomic E-state index is 0.387. The van der Waals surface area contributed by atoms with Crippen molar-refractivity contribution in [3.63, 3.8) is 0 Å². The van der Waals surface area contributed by atoms with Crippen molar-refractivity contribution in [2.75, 3.05) is 0 Å². The highest BCUT2D eigenvalue weighted by molar-refractivity contribution is 6.02. The van der Waals surface area contributed by atoms with Crippen molar-refractivity contribution in [1.82, 2.24) is 9.97 Å². The molecule has 0 radical (unpaired) electrons. The van der Waals surface area contributed by atoms with Gasteiger partial charge in [0.05, 0.1) is 11.7 Å². The van der Waals surface area contributed by atoms with Gasteiger partial charge in [-0.25, -0.2) is 0 Å². The summed E-state index contributed by atoms with van der Waals surface area (Å²) in [7, 11) is 0. The van der Waals surface area contributed by atoms with Crippen molar-refractivity contribution >= 4 is 16.8 Å². The van der Waals surface area contributed by atoms with Crippen molar-refractivity contribution in [3.8, 4) is 22.3 Å². The molecule has 4 nitrogen and oxygen atoms in total. The molecule has 0 saturated heterocycles. The normalized spacial score (nSPS) is 10.8. The van der Waals surface area contributed by atoms with E-state index >= 15 is 0 Å². The lowest BCUT2D eigenvalue weighted by molar-refractivity contribution is 0.0996. The van der Waals surface area contributed by atoms with Crippen molar-refractivity contribution in [2.24, 2.45) is 5.73 Å². The van der Waals surface area contributed by atoms with Crippen LogP contribution in [-0.2, 0) is 0 Å². The third-order valence-corrected chi connectivity index (χ3v) is 4.09. The number of carbonyl (C=O) groups is 1. The third kappa shape index (κ3) is 2.44. The molecule has 0 aliphatic carbocycles. The van der Waals surface area contributed by atoms with Gasteiger partial charge >= 0.3 is 0 Å². The zero-order valence-corrected chi connectivity index (χ0v) is 12.9. The van der Waals surface area contributed by atoms with E-state index < -0.39 is 5.91 Å². The predicted octanol–water partition coefficient (Wildman–Crippen LogP) is 4.00. The molecule has 0 bridgehead atoms. The summed E-state index contributed by atoms with van der Waals surface area (Å²) in [5.41, 5.74) is 10.9. The highest BCUT2D eigenvalue weighted by Crippen LogP contribution is 2.31. The summed E-state index contributed by atoms with van der Waals surface area (Å²) in [6, 6.07) is 20.3. The molecular weight excluding hydrogens is 298 g/mol. The molecule has 0 aliphatic rings. The molecule has 3 N–H and O–H groups in total. The predicted molar refractivity (Wildman–Crippen MR) is 95.5 cm³/mol. The van der Waals surface area contributed by atoms with Gasteiger partial charge in [0.15, 0.2) is 0 Å². The van der Waals surface area contributed by atoms with Crippen LogP contribution in [0.15, 0.2) is 73.1 Å². The maximum absolute atomic E-state index is 11.4. The van der Waals surface area contributed by atoms with Gasteiger partial charge in [0, 0.05) is 17.1 Å². The summed E-state index contributed by atoms with van der Waals surface area (Å²) >= 11 is 0. The van der Waals surface area contributed by atoms with E-state index in [1.165, 1.54) is 0 Å². The lowest BCUT2D eigenvalue weighted by Gasteiger charge is -2.07. The fourth-order valence-electron chi connectivity index (χ4n) is 2.91. The summed E-state index contributed by atoms with van der Waals surface area (Å²) in [4.78, 5) is 18.7. The summed E-state index contributed by atoms with van der Waals surface area (Å²) in [5, 5.41) is 0.934. The topological polar surface area (TPSA) is 71.8 Å². The minimum Gasteiger partial charge on any atom is -0.364 e. The highest BCUT2D eigenvalue weighted by Gasteiger charge is 2.11. The zero-order chi connectivity index (χ0) is 16.5. The van der Waals surface area contributed by atoms with Gasteiger partial charge in [-0.2, -0.15) is 0 Å². The van der Waals surface area contributed by atoms with Crippen LogP contribution in [0, 0.1) is 0 Å². The Hall–Kier alpha value is -3.40. The molecule has 0 atom stereocenters. The number of H-pyrrole nitrogens is 1. The summed E-state index contributed by atoms with van der Waals surface area (Å²) in [6.07, 6.45) is 3.51. The summed E-state index contributed by atoms with van der Waals surface area (Å²) in [6.45, 7) is 0. The number of amides is 1. The second-order valence-electron chi connectivity index (χ2n) is 5.64. The molecule has 2 aromatic carbocycles. The number of hydrogen-bond acceptors (Lipinski definition) is 2. The Morgan fingerprint density at radius 3 is 2.42 bits per heavy atom. The molecule has 116 valence electrons. The Balaban J connectivity index is 1.88. The second kappa shape index (κ2) is 5.66. The SMILES string of the molecule is NC(=O)c1cc2c(-c3cccc(-c4ccccc4)c3)cncc2[nH]1. The van der Waals surface area contributed by atoms with Crippen molar-refractivity contribution in [3.05, 3.63) is 78.8 Å². The maximum atomic E-state index is 11.4. The number of primary amides is 1. The molecule has 0 aliphatic heterocycles. The van der Waals surface area contributed by atoms with Crippen LogP contribution >= 0.6 is 0 Å². The zero-order valence-electron chi connectivity index (χ0n) is 12.9. The molecule has 0 unspecified atom stereocenters. The van der Waals surface area contributed by atoms with Gasteiger partial charge < -0.3 is 10.7 Å². The third-order valence-electron chi connectivity index (χ3n) is 4.09. The van der Waals surface area contributed by atoms with E-state index in [0.717, 1.165) is 33.2 Å². The molecule has 2 aromatic heterocycles. The molecule has 4 rings (SSSR count). The number of aromatic nitrogens is 2. The van der Waals surface area contributed by atoms with Gasteiger partial charge in [-0.1, -0.05) is 48.5 Å². The quantitative estimate of drug-likeness (QED) is 0.600. The highest BCUT2D eigenvalue weighted by atomic mass is 16.1. The molecule has 4 heteroatoms. The Kier molecular flexibility index (Phi) is 3.35. The molecule has 0 fully saturated rings. The molecular formula is C20H15N3O. The first-order chi connectivity index (χ1) is 11.7. The van der Waals surface area contributed by atoms with Gasteiger partial charge in [-0.3, -0.25) is 9.78 Å². The van der Waals surface area contributed by atoms with E-state index in [4.69, 9.17) is 5.73 Å². The van der Waals surface area contributed by atoms with Crippen molar-refractivity contribution < 1.29 is 4.79 Å². The van der Waals surface area contributed by atoms with E-state index in [0.29, 0.717) is 5.69 Å². The number of pyridine rings is 1. The van der Waals surface area contributed by atoms with Crippen LogP contribution in [0.3, 0.4) is 0 Å². The van der Waals surface area contributed by atoms with E-state index in [-0.39, 0.29) is 0 Å². The van der Waals surface area contributed by atoms with Gasteiger partial charge in [-0.15, -0.1) is 0 Å². The first-order valence-electron chi connectivity index (χ1n) is 7.65. The minimum atomic E-state index is -0.477. The first kappa shape index (κ1) is 14.2. The molecule has 4 aromatic rings. The Morgan fingerprint density at radius 1 is 0.875 bits per heavy atom. The summed E-state index contributed by atoms with van der Waals surface area (Å²) < 4.78 is 0. The molecule has 1 amide bonds. The van der Waals surface area contributed by atoms with Crippen LogP contribution in [0.1, 0.15) is 10.5 Å². The van der Waals surface area contributed by atoms with Crippen LogP contribution in [-0.4, -0.2) is 15.9 Å². The number of hydrogen-bond donors (Lipinski definition) is 2. The molecule has 0 spiro atoms. The molecule has 2 heterocycles. The average molecular weight is 313 g/mol. The molecule has 0 saturated carbocycles. The Morgan fingerprint density at radius 2 is 1.62 bits per heavy atom. The van der Waals surface area contributed by atoms with E-state index in [2.05, 4.69) is 34.2 Å². The van der Waals surface area contributed by atoms with Gasteiger partial charge in [0.25, 0.3) is 5.91 Å². The van der Waals surface area contributed by atoms with Crippen LogP contribution in [0.2, 0.25) is 0 Å². The first-order valence-corrected chi connectivity index (χ1v) is 7.65. The van der Waals surface area contributed by atoms with Gasteiger partial charge in [0.2, 0.25) is 0 Å². The fourth-order valence-corrected chi connectivity index (χ4v) is 2.91. The monoisotopic (exact) mass is 313 g/mol. The number of benzene rings is 2. The number of nitrogens with one attached hydrogen (secondary N) is 1. The van der Waals surface area contributed by atoms with E-state index in [1.54, 1.807) is 12.3 Å². The standard InChI is InChI=1S/C20H15N3O/c21-20(24)18-10-16-17(11-22-12-19(16)23-18)15-8-4-7-14(9-15)13-5-2-1-3-6-13/h1-12,23H,(H2,21,24). The second-order valence-corrected chi connectivity index (χ2v) is 5.64. The van der Waals surface area contributed by atoms with Crippen LogP contribution < -0.4 is 5.73 Å². The fraction of sp³-hybridized carbons (Fsp3) is 0. The molecule has 24 heavy (non-hydrogen) atoms. The van der Waals surface area contributed by atoms with Gasteiger partial charge in [-0.05, 0) is 28.8 Å². The average Bonchev–Trinajstić information content (AvgIpc) is 3.07. The van der Waals surface area contributed by atoms with Crippen LogP contribution in [0.25, 0.3) is 33.2 Å². The summed E-state index contributed by atoms with van der Waals surface area (Å²) in [5.74, 6) is -0.477. The number of nitrogens with zero attached hydrogens (tertiary/aromatic N) is 1. The smallest absolute Gasteiger partial charge is 0.265 e. The van der Waals surface area contributed by atoms with Crippen LogP contribution in [0.5, 0.6) is 0 Å². The number of rotatable bonds is 3. The maximum Gasteiger partial charge on any atom is 0.265 e. The number of aromatic amines is 1. The number of carbonyl (C=O) groups excluding carboxylic acids is 1. The van der Waals surface area contributed by atoms with E-state index in [1.807, 2.05) is 36.5 Å². The Labute approximate surface area is 139 Å². The lowest BCUT2D eigenvalue weighted by atomic mass is 9.98. The van der Waals surface area contributed by atoms with Crippen molar-refractivity contribution in [1.29, 1.82) is 0 Å². The lowest BCUT2D eigenvalue weighted by Crippen LogP contribution is -2.10. The largest absolute Gasteiger partial charge is 0.364 e. The van der Waals surface area contributed by atoms with E-state index in [9.17, 15) is 4.79 Å². The van der Waals surface area contributed by atoms with Crippen LogP contribution in [0.4, 0.5) is 0 Å².